The van der Waals surface area contributed by atoms with Crippen molar-refractivity contribution < 1.29 is 14.4 Å². The van der Waals surface area contributed by atoms with Crippen molar-refractivity contribution in [3.8, 4) is 0 Å². The van der Waals surface area contributed by atoms with Gasteiger partial charge in [0.25, 0.3) is 17.7 Å². The van der Waals surface area contributed by atoms with Crippen LogP contribution in [0.5, 0.6) is 0 Å². The van der Waals surface area contributed by atoms with Crippen molar-refractivity contribution in [3.05, 3.63) is 98.7 Å². The minimum absolute atomic E-state index is 0.0429. The molecule has 34 heavy (non-hydrogen) atoms. The number of nitrogens with zero attached hydrogens (tertiary/aromatic N) is 1. The molecular formula is C26H21Cl2N3O3. The van der Waals surface area contributed by atoms with Gasteiger partial charge in [-0.15, -0.1) is 0 Å². The number of carbonyl (C=O) groups is 3. The zero-order valence-corrected chi connectivity index (χ0v) is 20.2. The monoisotopic (exact) mass is 493 g/mol. The van der Waals surface area contributed by atoms with E-state index in [2.05, 4.69) is 10.6 Å². The van der Waals surface area contributed by atoms with Crippen LogP contribution in [0.1, 0.15) is 27.0 Å². The fourth-order valence-corrected chi connectivity index (χ4v) is 4.07. The summed E-state index contributed by atoms with van der Waals surface area (Å²) in [6, 6.07) is 17.3. The normalized spacial score (nSPS) is 13.5. The first-order valence-electron chi connectivity index (χ1n) is 10.5. The average Bonchev–Trinajstić information content (AvgIpc) is 3.00. The first kappa shape index (κ1) is 23.5. The smallest absolute Gasteiger partial charge is 0.283 e. The summed E-state index contributed by atoms with van der Waals surface area (Å²) in [5, 5.41) is 6.14. The van der Waals surface area contributed by atoms with E-state index in [-0.39, 0.29) is 16.6 Å². The molecule has 4 rings (SSSR count). The van der Waals surface area contributed by atoms with Crippen molar-refractivity contribution in [3.63, 3.8) is 0 Å². The number of nitrogens with one attached hydrogen (secondary N) is 2. The van der Waals surface area contributed by atoms with E-state index in [4.69, 9.17) is 23.2 Å². The van der Waals surface area contributed by atoms with Crippen LogP contribution in [0.3, 0.4) is 0 Å². The van der Waals surface area contributed by atoms with Crippen LogP contribution in [0.25, 0.3) is 0 Å². The number of hydrogen-bond acceptors (Lipinski definition) is 4. The second-order valence-electron chi connectivity index (χ2n) is 8.04. The molecule has 0 aromatic heterocycles. The molecule has 0 radical (unpaired) electrons. The number of halogens is 2. The van der Waals surface area contributed by atoms with E-state index in [1.807, 2.05) is 32.9 Å². The maximum Gasteiger partial charge on any atom is 0.283 e. The average molecular weight is 494 g/mol. The molecule has 1 aliphatic rings. The van der Waals surface area contributed by atoms with Gasteiger partial charge in [0.15, 0.2) is 0 Å². The number of amides is 3. The molecule has 8 heteroatoms. The Hall–Kier alpha value is -3.61. The third-order valence-corrected chi connectivity index (χ3v) is 6.05. The van der Waals surface area contributed by atoms with E-state index in [0.29, 0.717) is 27.6 Å². The van der Waals surface area contributed by atoms with Crippen LogP contribution in [0.15, 0.2) is 71.4 Å². The Labute approximate surface area is 207 Å². The van der Waals surface area contributed by atoms with Gasteiger partial charge in [0.2, 0.25) is 0 Å². The minimum Gasteiger partial charge on any atom is -0.350 e. The standard InChI is InChI=1S/C26H21Cl2N3O3/c1-14-7-8-15(2)21(11-14)31-25(33)22(28)23(26(31)34)29-19-6-4-5-17(13-19)24(32)30-20-10-9-18(27)12-16(20)3/h4-13,29H,1-3H3,(H,30,32). The summed E-state index contributed by atoms with van der Waals surface area (Å²) >= 11 is 12.2. The quantitative estimate of drug-likeness (QED) is 0.430. The van der Waals surface area contributed by atoms with Gasteiger partial charge in [0, 0.05) is 22.0 Å². The highest BCUT2D eigenvalue weighted by atomic mass is 35.5. The van der Waals surface area contributed by atoms with Gasteiger partial charge in [0.1, 0.15) is 10.7 Å². The number of anilines is 3. The topological polar surface area (TPSA) is 78.5 Å². The van der Waals surface area contributed by atoms with Gasteiger partial charge in [0.05, 0.1) is 5.69 Å². The van der Waals surface area contributed by atoms with E-state index < -0.39 is 11.8 Å². The molecule has 0 saturated heterocycles. The Bertz CT molecular complexity index is 1380. The van der Waals surface area contributed by atoms with Crippen LogP contribution in [-0.4, -0.2) is 17.7 Å². The lowest BCUT2D eigenvalue weighted by Gasteiger charge is -2.18. The van der Waals surface area contributed by atoms with Crippen molar-refractivity contribution in [2.45, 2.75) is 20.8 Å². The largest absolute Gasteiger partial charge is 0.350 e. The molecule has 0 fully saturated rings. The summed E-state index contributed by atoms with van der Waals surface area (Å²) in [7, 11) is 0. The fourth-order valence-electron chi connectivity index (χ4n) is 3.63. The molecule has 0 atom stereocenters. The highest BCUT2D eigenvalue weighted by Crippen LogP contribution is 2.32. The van der Waals surface area contributed by atoms with Crippen LogP contribution in [0.2, 0.25) is 5.02 Å². The molecule has 0 spiro atoms. The first-order valence-corrected chi connectivity index (χ1v) is 11.2. The second-order valence-corrected chi connectivity index (χ2v) is 8.86. The van der Waals surface area contributed by atoms with Crippen LogP contribution in [0, 0.1) is 20.8 Å². The molecule has 3 aromatic carbocycles. The Morgan fingerprint density at radius 2 is 1.62 bits per heavy atom. The molecule has 0 unspecified atom stereocenters. The molecule has 1 heterocycles. The molecule has 2 N–H and O–H groups in total. The van der Waals surface area contributed by atoms with Gasteiger partial charge >= 0.3 is 0 Å². The Morgan fingerprint density at radius 3 is 2.35 bits per heavy atom. The first-order chi connectivity index (χ1) is 16.2. The van der Waals surface area contributed by atoms with Gasteiger partial charge in [-0.1, -0.05) is 41.4 Å². The van der Waals surface area contributed by atoms with Gasteiger partial charge in [-0.25, -0.2) is 4.90 Å². The lowest BCUT2D eigenvalue weighted by molar-refractivity contribution is -0.120. The van der Waals surface area contributed by atoms with E-state index >= 15 is 0 Å². The van der Waals surface area contributed by atoms with Crippen LogP contribution in [-0.2, 0) is 9.59 Å². The Morgan fingerprint density at radius 1 is 0.853 bits per heavy atom. The summed E-state index contributed by atoms with van der Waals surface area (Å²) in [6.45, 7) is 5.54. The molecular weight excluding hydrogens is 473 g/mol. The Kier molecular flexibility index (Phi) is 6.46. The van der Waals surface area contributed by atoms with Crippen molar-refractivity contribution in [2.24, 2.45) is 0 Å². The van der Waals surface area contributed by atoms with Gasteiger partial charge in [-0.05, 0) is 79.9 Å². The molecule has 3 amide bonds. The van der Waals surface area contributed by atoms with Crippen molar-refractivity contribution >= 4 is 58.0 Å². The summed E-state index contributed by atoms with van der Waals surface area (Å²) in [5.41, 5.74) is 4.39. The summed E-state index contributed by atoms with van der Waals surface area (Å²) in [6.07, 6.45) is 0. The number of benzene rings is 3. The third kappa shape index (κ3) is 4.55. The number of carbonyl (C=O) groups excluding carboxylic acids is 3. The third-order valence-electron chi connectivity index (χ3n) is 5.46. The van der Waals surface area contributed by atoms with E-state index in [0.717, 1.165) is 21.6 Å². The predicted octanol–water partition coefficient (Wildman–Crippen LogP) is 5.95. The number of rotatable bonds is 5. The lowest BCUT2D eigenvalue weighted by atomic mass is 10.1. The van der Waals surface area contributed by atoms with Crippen LogP contribution in [0.4, 0.5) is 17.1 Å². The maximum atomic E-state index is 13.1. The number of aryl methyl sites for hydroxylation is 3. The van der Waals surface area contributed by atoms with Crippen LogP contribution >= 0.6 is 23.2 Å². The molecule has 0 bridgehead atoms. The zero-order chi connectivity index (χ0) is 24.6. The van der Waals surface area contributed by atoms with Gasteiger partial charge in [-0.3, -0.25) is 14.4 Å². The van der Waals surface area contributed by atoms with Gasteiger partial charge < -0.3 is 10.6 Å². The summed E-state index contributed by atoms with van der Waals surface area (Å²) in [4.78, 5) is 39.8. The van der Waals surface area contributed by atoms with E-state index in [1.54, 1.807) is 48.5 Å². The van der Waals surface area contributed by atoms with Crippen LogP contribution < -0.4 is 15.5 Å². The Balaban J connectivity index is 1.56. The highest BCUT2D eigenvalue weighted by Gasteiger charge is 2.39. The maximum absolute atomic E-state index is 13.1. The summed E-state index contributed by atoms with van der Waals surface area (Å²) in [5.74, 6) is -1.50. The second kappa shape index (κ2) is 9.33. The van der Waals surface area contributed by atoms with E-state index in [9.17, 15) is 14.4 Å². The minimum atomic E-state index is -0.602. The molecule has 0 saturated carbocycles. The molecule has 172 valence electrons. The fraction of sp³-hybridized carbons (Fsp3) is 0.115. The van der Waals surface area contributed by atoms with Crippen molar-refractivity contribution in [1.82, 2.24) is 0 Å². The predicted molar refractivity (Wildman–Crippen MR) is 135 cm³/mol. The lowest BCUT2D eigenvalue weighted by Crippen LogP contribution is -2.33. The van der Waals surface area contributed by atoms with Crippen molar-refractivity contribution in [2.75, 3.05) is 15.5 Å². The highest BCUT2D eigenvalue weighted by molar-refractivity contribution is 6.53. The summed E-state index contributed by atoms with van der Waals surface area (Å²) < 4.78 is 0. The van der Waals surface area contributed by atoms with Gasteiger partial charge in [-0.2, -0.15) is 0 Å². The molecule has 6 nitrogen and oxygen atoms in total. The number of imide groups is 1. The molecule has 0 aliphatic carbocycles. The molecule has 1 aliphatic heterocycles. The van der Waals surface area contributed by atoms with E-state index in [1.165, 1.54) is 0 Å². The van der Waals surface area contributed by atoms with Crippen molar-refractivity contribution in [1.29, 1.82) is 0 Å². The number of hydrogen-bond donors (Lipinski definition) is 2. The SMILES string of the molecule is Cc1ccc(C)c(N2C(=O)C(Cl)=C(Nc3cccc(C(=O)Nc4ccc(Cl)cc4C)c3)C2=O)c1. The zero-order valence-electron chi connectivity index (χ0n) is 18.7. The molecule has 3 aromatic rings.